The van der Waals surface area contributed by atoms with Crippen molar-refractivity contribution in [3.05, 3.63) is 10.6 Å². The minimum atomic E-state index is -0.883. The van der Waals surface area contributed by atoms with Crippen molar-refractivity contribution in [1.82, 2.24) is 4.98 Å². The summed E-state index contributed by atoms with van der Waals surface area (Å²) < 4.78 is 5.61. The third-order valence-electron chi connectivity index (χ3n) is 3.11. The van der Waals surface area contributed by atoms with E-state index in [1.54, 1.807) is 0 Å². The molecule has 5 nitrogen and oxygen atoms in total. The molecule has 0 amide bonds. The van der Waals surface area contributed by atoms with Crippen LogP contribution in [0.15, 0.2) is 0 Å². The number of carboxylic acids is 1. The minimum absolute atomic E-state index is 0.122. The van der Waals surface area contributed by atoms with Crippen LogP contribution in [0.3, 0.4) is 0 Å². The van der Waals surface area contributed by atoms with Gasteiger partial charge in [0, 0.05) is 19.7 Å². The molecule has 6 heteroatoms. The first-order valence-corrected chi connectivity index (χ1v) is 7.41. The fraction of sp³-hybridized carbons (Fsp3) is 0.692. The Kier molecular flexibility index (Phi) is 4.42. The van der Waals surface area contributed by atoms with E-state index >= 15 is 0 Å². The van der Waals surface area contributed by atoms with Crippen molar-refractivity contribution in [2.75, 3.05) is 24.6 Å². The number of carbonyl (C=O) groups is 1. The zero-order valence-corrected chi connectivity index (χ0v) is 12.4. The summed E-state index contributed by atoms with van der Waals surface area (Å²) in [4.78, 5) is 18.3. The quantitative estimate of drug-likeness (QED) is 0.924. The van der Waals surface area contributed by atoms with Gasteiger partial charge in [0.2, 0.25) is 0 Å². The molecule has 19 heavy (non-hydrogen) atoms. The highest BCUT2D eigenvalue weighted by atomic mass is 32.1. The maximum absolute atomic E-state index is 11.3. The third-order valence-corrected chi connectivity index (χ3v) is 4.23. The Labute approximate surface area is 117 Å². The van der Waals surface area contributed by atoms with Gasteiger partial charge < -0.3 is 14.7 Å². The molecular weight excluding hydrogens is 264 g/mol. The van der Waals surface area contributed by atoms with Crippen molar-refractivity contribution < 1.29 is 14.6 Å². The lowest BCUT2D eigenvalue weighted by molar-refractivity contribution is 0.0700. The van der Waals surface area contributed by atoms with Crippen LogP contribution in [0.1, 0.15) is 48.5 Å². The summed E-state index contributed by atoms with van der Waals surface area (Å²) >= 11 is 1.27. The maximum atomic E-state index is 11.3. The van der Waals surface area contributed by atoms with E-state index in [9.17, 15) is 9.90 Å². The number of carboxylic acid groups (broad SMARTS) is 1. The summed E-state index contributed by atoms with van der Waals surface area (Å²) in [6.45, 7) is 8.37. The molecule has 1 saturated heterocycles. The second-order valence-corrected chi connectivity index (χ2v) is 6.13. The number of anilines is 1. The summed E-state index contributed by atoms with van der Waals surface area (Å²) in [5.74, 6) is -0.761. The molecule has 0 saturated carbocycles. The molecule has 2 rings (SSSR count). The Balaban J connectivity index is 2.29. The van der Waals surface area contributed by atoms with Gasteiger partial charge in [-0.1, -0.05) is 25.2 Å². The van der Waals surface area contributed by atoms with E-state index in [2.05, 4.69) is 9.88 Å². The Morgan fingerprint density at radius 2 is 2.32 bits per heavy atom. The molecule has 0 aromatic carbocycles. The second-order valence-electron chi connectivity index (χ2n) is 5.15. The van der Waals surface area contributed by atoms with E-state index in [0.717, 1.165) is 31.2 Å². The van der Waals surface area contributed by atoms with Crippen LogP contribution in [0.2, 0.25) is 0 Å². The van der Waals surface area contributed by atoms with Crippen molar-refractivity contribution in [2.24, 2.45) is 0 Å². The number of rotatable bonds is 3. The lowest BCUT2D eigenvalue weighted by Crippen LogP contribution is -2.29. The van der Waals surface area contributed by atoms with Gasteiger partial charge in [-0.2, -0.15) is 0 Å². The summed E-state index contributed by atoms with van der Waals surface area (Å²) in [5.41, 5.74) is 0.685. The Hall–Kier alpha value is -1.14. The number of aromatic carboxylic acids is 1. The molecule has 1 unspecified atom stereocenters. The molecule has 1 atom stereocenters. The maximum Gasteiger partial charge on any atom is 0.347 e. The average molecular weight is 284 g/mol. The molecule has 1 aliphatic heterocycles. The van der Waals surface area contributed by atoms with Gasteiger partial charge in [0.15, 0.2) is 5.13 Å². The summed E-state index contributed by atoms with van der Waals surface area (Å²) in [5, 5.41) is 10.1. The fourth-order valence-corrected chi connectivity index (χ4v) is 3.26. The number of nitrogens with zero attached hydrogens (tertiary/aromatic N) is 2. The largest absolute Gasteiger partial charge is 0.477 e. The number of aromatic nitrogens is 1. The van der Waals surface area contributed by atoms with Crippen molar-refractivity contribution in [3.63, 3.8) is 0 Å². The van der Waals surface area contributed by atoms with Crippen LogP contribution >= 0.6 is 11.3 Å². The lowest BCUT2D eigenvalue weighted by Gasteiger charge is -2.20. The normalized spacial score (nSPS) is 20.6. The van der Waals surface area contributed by atoms with Crippen LogP contribution in [-0.2, 0) is 4.74 Å². The van der Waals surface area contributed by atoms with Gasteiger partial charge in [0.1, 0.15) is 4.88 Å². The van der Waals surface area contributed by atoms with Crippen LogP contribution in [0, 0.1) is 0 Å². The zero-order chi connectivity index (χ0) is 14.0. The first kappa shape index (κ1) is 14.3. The van der Waals surface area contributed by atoms with E-state index in [-0.39, 0.29) is 12.0 Å². The topological polar surface area (TPSA) is 62.7 Å². The highest BCUT2D eigenvalue weighted by Gasteiger charge is 2.24. The van der Waals surface area contributed by atoms with Crippen molar-refractivity contribution >= 4 is 22.4 Å². The van der Waals surface area contributed by atoms with Gasteiger partial charge in [-0.15, -0.1) is 0 Å². The lowest BCUT2D eigenvalue weighted by atomic mass is 10.1. The zero-order valence-electron chi connectivity index (χ0n) is 11.5. The highest BCUT2D eigenvalue weighted by molar-refractivity contribution is 7.17. The van der Waals surface area contributed by atoms with Crippen molar-refractivity contribution in [1.29, 1.82) is 0 Å². The summed E-state index contributed by atoms with van der Waals surface area (Å²) in [6, 6.07) is 0. The fourth-order valence-electron chi connectivity index (χ4n) is 2.17. The predicted molar refractivity (Wildman–Crippen MR) is 75.4 cm³/mol. The van der Waals surface area contributed by atoms with Crippen LogP contribution in [0.25, 0.3) is 0 Å². The van der Waals surface area contributed by atoms with Crippen LogP contribution in [-0.4, -0.2) is 41.9 Å². The van der Waals surface area contributed by atoms with Gasteiger partial charge in [0.05, 0.1) is 11.8 Å². The molecule has 0 radical (unpaired) electrons. The van der Waals surface area contributed by atoms with E-state index in [1.165, 1.54) is 11.3 Å². The van der Waals surface area contributed by atoms with E-state index in [4.69, 9.17) is 4.74 Å². The molecule has 1 aromatic heterocycles. The van der Waals surface area contributed by atoms with Crippen molar-refractivity contribution in [2.45, 2.75) is 39.2 Å². The summed E-state index contributed by atoms with van der Waals surface area (Å²) in [7, 11) is 0. The minimum Gasteiger partial charge on any atom is -0.477 e. The Morgan fingerprint density at radius 3 is 2.89 bits per heavy atom. The standard InChI is InChI=1S/C13H20N2O3S/c1-8(2)10-11(12(16)17)19-13(14-10)15-5-4-6-18-9(3)7-15/h8-9H,4-7H2,1-3H3,(H,16,17). The van der Waals surface area contributed by atoms with Crippen LogP contribution < -0.4 is 4.90 Å². The molecule has 1 N–H and O–H groups in total. The van der Waals surface area contributed by atoms with Gasteiger partial charge in [-0.25, -0.2) is 9.78 Å². The predicted octanol–water partition coefficient (Wildman–Crippen LogP) is 2.58. The molecule has 106 valence electrons. The van der Waals surface area contributed by atoms with Crippen LogP contribution in [0.4, 0.5) is 5.13 Å². The monoisotopic (exact) mass is 284 g/mol. The molecule has 0 aliphatic carbocycles. The SMILES string of the molecule is CC1CN(c2nc(C(C)C)c(C(=O)O)s2)CCCO1. The Morgan fingerprint density at radius 1 is 1.58 bits per heavy atom. The summed E-state index contributed by atoms with van der Waals surface area (Å²) in [6.07, 6.45) is 1.10. The first-order chi connectivity index (χ1) is 8.99. The van der Waals surface area contributed by atoms with Gasteiger partial charge in [0.25, 0.3) is 0 Å². The number of thiazole rings is 1. The Bertz CT molecular complexity index is 459. The molecule has 2 heterocycles. The molecule has 1 fully saturated rings. The molecule has 0 bridgehead atoms. The molecule has 0 spiro atoms. The number of hydrogen-bond donors (Lipinski definition) is 1. The van der Waals surface area contributed by atoms with Crippen LogP contribution in [0.5, 0.6) is 0 Å². The van der Waals surface area contributed by atoms with Crippen molar-refractivity contribution in [3.8, 4) is 0 Å². The molecular formula is C13H20N2O3S. The van der Waals surface area contributed by atoms with E-state index in [1.807, 2.05) is 20.8 Å². The second kappa shape index (κ2) is 5.88. The van der Waals surface area contributed by atoms with Gasteiger partial charge >= 0.3 is 5.97 Å². The average Bonchev–Trinajstić information content (AvgIpc) is 2.68. The third kappa shape index (κ3) is 3.25. The number of ether oxygens (including phenoxy) is 1. The highest BCUT2D eigenvalue weighted by Crippen LogP contribution is 2.31. The molecule has 1 aromatic rings. The smallest absolute Gasteiger partial charge is 0.347 e. The molecule has 1 aliphatic rings. The van der Waals surface area contributed by atoms with E-state index < -0.39 is 5.97 Å². The van der Waals surface area contributed by atoms with Gasteiger partial charge in [-0.3, -0.25) is 0 Å². The number of hydrogen-bond acceptors (Lipinski definition) is 5. The van der Waals surface area contributed by atoms with Gasteiger partial charge in [-0.05, 0) is 19.3 Å². The van der Waals surface area contributed by atoms with E-state index in [0.29, 0.717) is 10.6 Å². The first-order valence-electron chi connectivity index (χ1n) is 6.59.